The van der Waals surface area contributed by atoms with Crippen molar-refractivity contribution in [3.05, 3.63) is 72.4 Å². The maximum Gasteiger partial charge on any atom is 0.417 e. The monoisotopic (exact) mass is 354 g/mol. The van der Waals surface area contributed by atoms with Crippen molar-refractivity contribution < 1.29 is 13.2 Å². The van der Waals surface area contributed by atoms with Crippen LogP contribution in [-0.4, -0.2) is 15.2 Å². The van der Waals surface area contributed by atoms with E-state index in [0.29, 0.717) is 17.0 Å². The Hall–Kier alpha value is -3.35. The van der Waals surface area contributed by atoms with Crippen molar-refractivity contribution in [1.82, 2.24) is 15.2 Å². The molecule has 4 nitrogen and oxygen atoms in total. The minimum Gasteiger partial charge on any atom is -0.325 e. The van der Waals surface area contributed by atoms with Gasteiger partial charge in [0.15, 0.2) is 0 Å². The molecule has 2 aromatic heterocycles. The number of anilines is 2. The standard InChI is InChI=1S/C19H13F3N4/c20-19(21,22)15-8-4-3-7-14(15)18-13-6-2-1-5-12(13)11-17(25-18)24-16-9-10-23-26-16/h1-11H,(H2,23,24,25,26). The highest BCUT2D eigenvalue weighted by atomic mass is 19.4. The molecule has 4 aromatic rings. The lowest BCUT2D eigenvalue weighted by atomic mass is 9.99. The van der Waals surface area contributed by atoms with E-state index in [-0.39, 0.29) is 11.3 Å². The highest BCUT2D eigenvalue weighted by Crippen LogP contribution is 2.39. The summed E-state index contributed by atoms with van der Waals surface area (Å²) in [5.74, 6) is 1.03. The second kappa shape index (κ2) is 6.18. The van der Waals surface area contributed by atoms with Gasteiger partial charge in [-0.05, 0) is 17.5 Å². The quantitative estimate of drug-likeness (QED) is 0.519. The molecule has 0 aliphatic rings. The Morgan fingerprint density at radius 2 is 1.69 bits per heavy atom. The Morgan fingerprint density at radius 3 is 2.46 bits per heavy atom. The maximum absolute atomic E-state index is 13.5. The van der Waals surface area contributed by atoms with Crippen LogP contribution in [0.2, 0.25) is 0 Å². The molecule has 0 radical (unpaired) electrons. The van der Waals surface area contributed by atoms with E-state index in [1.165, 1.54) is 12.1 Å². The Morgan fingerprint density at radius 1 is 0.923 bits per heavy atom. The van der Waals surface area contributed by atoms with Gasteiger partial charge in [0.2, 0.25) is 0 Å². The van der Waals surface area contributed by atoms with Crippen molar-refractivity contribution in [2.75, 3.05) is 5.32 Å². The Kier molecular flexibility index (Phi) is 3.84. The van der Waals surface area contributed by atoms with Gasteiger partial charge in [0.05, 0.1) is 17.5 Å². The van der Waals surface area contributed by atoms with Crippen molar-refractivity contribution >= 4 is 22.4 Å². The number of rotatable bonds is 3. The summed E-state index contributed by atoms with van der Waals surface area (Å²) in [5, 5.41) is 11.1. The first-order valence-corrected chi connectivity index (χ1v) is 7.85. The SMILES string of the molecule is FC(F)(F)c1ccccc1-c1nc(Nc2ccn[nH]2)cc2ccccc12. The predicted octanol–water partition coefficient (Wildman–Crippen LogP) is 5.39. The van der Waals surface area contributed by atoms with E-state index in [4.69, 9.17) is 0 Å². The predicted molar refractivity (Wildman–Crippen MR) is 94.1 cm³/mol. The van der Waals surface area contributed by atoms with Gasteiger partial charge in [-0.15, -0.1) is 0 Å². The molecule has 0 spiro atoms. The van der Waals surface area contributed by atoms with E-state index < -0.39 is 11.7 Å². The van der Waals surface area contributed by atoms with Crippen molar-refractivity contribution in [2.45, 2.75) is 6.18 Å². The molecule has 0 atom stereocenters. The summed E-state index contributed by atoms with van der Waals surface area (Å²) in [7, 11) is 0. The molecule has 4 rings (SSSR count). The second-order valence-electron chi connectivity index (χ2n) is 5.72. The third-order valence-electron chi connectivity index (χ3n) is 3.99. The van der Waals surface area contributed by atoms with Crippen LogP contribution in [-0.2, 0) is 6.18 Å². The van der Waals surface area contributed by atoms with E-state index in [0.717, 1.165) is 11.5 Å². The number of hydrogen-bond acceptors (Lipinski definition) is 3. The number of aromatic nitrogens is 3. The van der Waals surface area contributed by atoms with E-state index in [1.807, 2.05) is 12.1 Å². The summed E-state index contributed by atoms with van der Waals surface area (Å²) in [4.78, 5) is 4.46. The third-order valence-corrected chi connectivity index (χ3v) is 3.99. The molecular weight excluding hydrogens is 341 g/mol. The number of alkyl halides is 3. The first kappa shape index (κ1) is 16.1. The molecule has 26 heavy (non-hydrogen) atoms. The van der Waals surface area contributed by atoms with Crippen LogP contribution in [0.25, 0.3) is 22.0 Å². The molecule has 0 bridgehead atoms. The van der Waals surface area contributed by atoms with Crippen LogP contribution in [0.1, 0.15) is 5.56 Å². The number of halogens is 3. The van der Waals surface area contributed by atoms with Crippen molar-refractivity contribution in [3.63, 3.8) is 0 Å². The summed E-state index contributed by atoms with van der Waals surface area (Å²) < 4.78 is 40.4. The molecule has 130 valence electrons. The van der Waals surface area contributed by atoms with Gasteiger partial charge in [-0.25, -0.2) is 4.98 Å². The Labute approximate surface area is 146 Å². The third kappa shape index (κ3) is 2.99. The minimum atomic E-state index is -4.47. The number of H-pyrrole nitrogens is 1. The smallest absolute Gasteiger partial charge is 0.325 e. The normalized spacial score (nSPS) is 11.7. The molecule has 0 aliphatic heterocycles. The summed E-state index contributed by atoms with van der Waals surface area (Å²) in [5.41, 5.74) is -0.390. The highest BCUT2D eigenvalue weighted by Gasteiger charge is 2.34. The maximum atomic E-state index is 13.5. The highest BCUT2D eigenvalue weighted by molar-refractivity contribution is 5.97. The summed E-state index contributed by atoms with van der Waals surface area (Å²) in [6.07, 6.45) is -2.89. The van der Waals surface area contributed by atoms with Crippen molar-refractivity contribution in [2.24, 2.45) is 0 Å². The fraction of sp³-hybridized carbons (Fsp3) is 0.0526. The number of benzene rings is 2. The number of fused-ring (bicyclic) bond motifs is 1. The summed E-state index contributed by atoms with van der Waals surface area (Å²) in [6.45, 7) is 0. The number of nitrogens with one attached hydrogen (secondary N) is 2. The van der Waals surface area contributed by atoms with E-state index in [9.17, 15) is 13.2 Å². The fourth-order valence-corrected chi connectivity index (χ4v) is 2.87. The molecule has 0 saturated heterocycles. The van der Waals surface area contributed by atoms with Gasteiger partial charge in [0.25, 0.3) is 0 Å². The van der Waals surface area contributed by atoms with Gasteiger partial charge in [-0.1, -0.05) is 42.5 Å². The molecule has 2 aromatic carbocycles. The fourth-order valence-electron chi connectivity index (χ4n) is 2.87. The van der Waals surface area contributed by atoms with Crippen LogP contribution in [0.4, 0.5) is 24.8 Å². The summed E-state index contributed by atoms with van der Waals surface area (Å²) in [6, 6.07) is 16.2. The van der Waals surface area contributed by atoms with Crippen molar-refractivity contribution in [3.8, 4) is 11.3 Å². The summed E-state index contributed by atoms with van der Waals surface area (Å²) >= 11 is 0. The molecular formula is C19H13F3N4. The minimum absolute atomic E-state index is 0.0458. The molecule has 2 heterocycles. The zero-order chi connectivity index (χ0) is 18.1. The zero-order valence-electron chi connectivity index (χ0n) is 13.4. The Bertz CT molecular complexity index is 1060. The lowest BCUT2D eigenvalue weighted by Crippen LogP contribution is -2.08. The molecule has 7 heteroatoms. The van der Waals surface area contributed by atoms with Crippen molar-refractivity contribution in [1.29, 1.82) is 0 Å². The largest absolute Gasteiger partial charge is 0.417 e. The lowest BCUT2D eigenvalue weighted by molar-refractivity contribution is -0.137. The average Bonchev–Trinajstić information content (AvgIpc) is 3.13. The van der Waals surface area contributed by atoms with Gasteiger partial charge in [-0.3, -0.25) is 5.10 Å². The molecule has 0 aliphatic carbocycles. The zero-order valence-corrected chi connectivity index (χ0v) is 13.4. The second-order valence-corrected chi connectivity index (χ2v) is 5.72. The topological polar surface area (TPSA) is 53.6 Å². The van der Waals surface area contributed by atoms with Crippen LogP contribution in [0, 0.1) is 0 Å². The first-order valence-electron chi connectivity index (χ1n) is 7.85. The van der Waals surface area contributed by atoms with Crippen LogP contribution in [0.3, 0.4) is 0 Å². The number of pyridine rings is 1. The molecule has 0 fully saturated rings. The van der Waals surface area contributed by atoms with Gasteiger partial charge in [0, 0.05) is 17.0 Å². The molecule has 0 saturated carbocycles. The number of hydrogen-bond donors (Lipinski definition) is 2. The van der Waals surface area contributed by atoms with E-state index in [1.54, 1.807) is 36.5 Å². The van der Waals surface area contributed by atoms with Crippen LogP contribution in [0.15, 0.2) is 66.9 Å². The van der Waals surface area contributed by atoms with Gasteiger partial charge in [0.1, 0.15) is 11.6 Å². The number of nitrogens with zero attached hydrogens (tertiary/aromatic N) is 2. The average molecular weight is 354 g/mol. The van der Waals surface area contributed by atoms with Crippen LogP contribution < -0.4 is 5.32 Å². The molecule has 0 unspecified atom stereocenters. The van der Waals surface area contributed by atoms with Gasteiger partial charge >= 0.3 is 6.18 Å². The van der Waals surface area contributed by atoms with E-state index >= 15 is 0 Å². The van der Waals surface area contributed by atoms with Gasteiger partial charge < -0.3 is 5.32 Å². The lowest BCUT2D eigenvalue weighted by Gasteiger charge is -2.15. The first-order chi connectivity index (χ1) is 12.5. The van der Waals surface area contributed by atoms with Crippen LogP contribution >= 0.6 is 0 Å². The van der Waals surface area contributed by atoms with E-state index in [2.05, 4.69) is 20.5 Å². The van der Waals surface area contributed by atoms with Gasteiger partial charge in [-0.2, -0.15) is 18.3 Å². The molecule has 0 amide bonds. The Balaban J connectivity index is 1.95. The number of aromatic amines is 1. The molecule has 2 N–H and O–H groups in total. The van der Waals surface area contributed by atoms with Crippen LogP contribution in [0.5, 0.6) is 0 Å².